The predicted octanol–water partition coefficient (Wildman–Crippen LogP) is 0.804. The highest BCUT2D eigenvalue weighted by molar-refractivity contribution is 5.68. The van der Waals surface area contributed by atoms with Crippen molar-refractivity contribution in [3.8, 4) is 5.69 Å². The summed E-state index contributed by atoms with van der Waals surface area (Å²) in [4.78, 5) is 42.0. The molecule has 0 atom stereocenters. The van der Waals surface area contributed by atoms with Crippen molar-refractivity contribution in [2.24, 2.45) is 0 Å². The average Bonchev–Trinajstić information content (AvgIpc) is 3.10. The van der Waals surface area contributed by atoms with E-state index >= 15 is 0 Å². The summed E-state index contributed by atoms with van der Waals surface area (Å²) < 4.78 is 1.01. The molecular formula is C16H13N7O2. The first kappa shape index (κ1) is 14.8. The molecule has 4 aromatic heterocycles. The third-order valence-electron chi connectivity index (χ3n) is 3.69. The van der Waals surface area contributed by atoms with Gasteiger partial charge in [0.1, 0.15) is 11.3 Å². The van der Waals surface area contributed by atoms with Crippen molar-refractivity contribution in [2.45, 2.75) is 6.54 Å². The van der Waals surface area contributed by atoms with Crippen LogP contribution in [0.15, 0.2) is 58.8 Å². The van der Waals surface area contributed by atoms with Crippen molar-refractivity contribution in [1.29, 1.82) is 0 Å². The Morgan fingerprint density at radius 2 is 2.04 bits per heavy atom. The van der Waals surface area contributed by atoms with E-state index in [1.165, 1.54) is 12.5 Å². The van der Waals surface area contributed by atoms with Gasteiger partial charge < -0.3 is 10.3 Å². The summed E-state index contributed by atoms with van der Waals surface area (Å²) in [5.41, 5.74) is 0.810. The van der Waals surface area contributed by atoms with Gasteiger partial charge in [0.25, 0.3) is 5.56 Å². The highest BCUT2D eigenvalue weighted by atomic mass is 16.2. The highest BCUT2D eigenvalue weighted by Gasteiger charge is 2.11. The van der Waals surface area contributed by atoms with Crippen molar-refractivity contribution >= 4 is 17.0 Å². The normalized spacial score (nSPS) is 10.9. The third kappa shape index (κ3) is 2.78. The molecule has 9 heteroatoms. The van der Waals surface area contributed by atoms with Gasteiger partial charge in [-0.05, 0) is 23.8 Å². The number of fused-ring (bicyclic) bond motifs is 1. The topological polar surface area (TPSA) is 121 Å². The SMILES string of the molecule is O=c1[nH]c2nc[nH]c2c(=O)n1-c1ccc(NCc2cccnc2)nc1. The van der Waals surface area contributed by atoms with Crippen LogP contribution in [0.5, 0.6) is 0 Å². The molecular weight excluding hydrogens is 322 g/mol. The Bertz CT molecular complexity index is 1130. The van der Waals surface area contributed by atoms with Gasteiger partial charge in [-0.1, -0.05) is 6.07 Å². The molecule has 0 aliphatic carbocycles. The maximum Gasteiger partial charge on any atom is 0.334 e. The van der Waals surface area contributed by atoms with E-state index in [2.05, 4.69) is 30.2 Å². The predicted molar refractivity (Wildman–Crippen MR) is 91.7 cm³/mol. The first-order valence-corrected chi connectivity index (χ1v) is 7.50. The Morgan fingerprint density at radius 3 is 2.80 bits per heavy atom. The molecule has 4 rings (SSSR count). The molecule has 124 valence electrons. The summed E-state index contributed by atoms with van der Waals surface area (Å²) in [6, 6.07) is 7.16. The second kappa shape index (κ2) is 6.04. The summed E-state index contributed by atoms with van der Waals surface area (Å²) in [6.45, 7) is 0.570. The molecule has 0 saturated carbocycles. The fraction of sp³-hybridized carbons (Fsp3) is 0.0625. The van der Waals surface area contributed by atoms with Crippen LogP contribution in [0.25, 0.3) is 16.9 Å². The average molecular weight is 335 g/mol. The lowest BCUT2D eigenvalue weighted by molar-refractivity contribution is 0.889. The van der Waals surface area contributed by atoms with E-state index in [-0.39, 0.29) is 11.2 Å². The van der Waals surface area contributed by atoms with Crippen LogP contribution in [-0.2, 0) is 6.54 Å². The Kier molecular flexibility index (Phi) is 3.58. The molecule has 4 heterocycles. The number of H-pyrrole nitrogens is 2. The molecule has 0 saturated heterocycles. The molecule has 0 radical (unpaired) electrons. The van der Waals surface area contributed by atoms with E-state index in [0.29, 0.717) is 18.1 Å². The van der Waals surface area contributed by atoms with Gasteiger partial charge in [-0.15, -0.1) is 0 Å². The largest absolute Gasteiger partial charge is 0.366 e. The molecule has 25 heavy (non-hydrogen) atoms. The lowest BCUT2D eigenvalue weighted by Crippen LogP contribution is -2.33. The molecule has 0 spiro atoms. The molecule has 0 fully saturated rings. The third-order valence-corrected chi connectivity index (χ3v) is 3.69. The zero-order valence-electron chi connectivity index (χ0n) is 12.9. The standard InChI is InChI=1S/C16H13N7O2/c24-15-13-14(21-9-20-13)22-16(25)23(15)11-3-4-12(19-8-11)18-7-10-2-1-5-17-6-10/h1-6,8-9H,7H2,(H,18,19)(H,20,21)(H,22,25). The fourth-order valence-electron chi connectivity index (χ4n) is 2.47. The van der Waals surface area contributed by atoms with Crippen molar-refractivity contribution in [3.05, 3.63) is 75.6 Å². The number of nitrogens with one attached hydrogen (secondary N) is 3. The number of aromatic amines is 2. The Labute approximate surface area is 140 Å². The van der Waals surface area contributed by atoms with Crippen molar-refractivity contribution in [1.82, 2.24) is 29.5 Å². The van der Waals surface area contributed by atoms with Crippen LogP contribution in [0.1, 0.15) is 5.56 Å². The summed E-state index contributed by atoms with van der Waals surface area (Å²) in [7, 11) is 0. The zero-order chi connectivity index (χ0) is 17.2. The van der Waals surface area contributed by atoms with Crippen molar-refractivity contribution in [2.75, 3.05) is 5.32 Å². The van der Waals surface area contributed by atoms with Gasteiger partial charge in [-0.25, -0.2) is 19.3 Å². The van der Waals surface area contributed by atoms with Gasteiger partial charge in [-0.2, -0.15) is 0 Å². The highest BCUT2D eigenvalue weighted by Crippen LogP contribution is 2.09. The molecule has 3 N–H and O–H groups in total. The molecule has 0 unspecified atom stereocenters. The van der Waals surface area contributed by atoms with E-state index in [9.17, 15) is 9.59 Å². The quantitative estimate of drug-likeness (QED) is 0.507. The summed E-state index contributed by atoms with van der Waals surface area (Å²) in [5, 5.41) is 3.15. The maximum absolute atomic E-state index is 12.4. The van der Waals surface area contributed by atoms with E-state index in [1.54, 1.807) is 24.5 Å². The number of hydrogen-bond acceptors (Lipinski definition) is 6. The molecule has 0 amide bonds. The van der Waals surface area contributed by atoms with Crippen LogP contribution < -0.4 is 16.6 Å². The van der Waals surface area contributed by atoms with Gasteiger partial charge in [0.05, 0.1) is 18.2 Å². The summed E-state index contributed by atoms with van der Waals surface area (Å²) in [6.07, 6.45) is 6.29. The molecule has 9 nitrogen and oxygen atoms in total. The van der Waals surface area contributed by atoms with Gasteiger partial charge in [0.15, 0.2) is 5.65 Å². The number of imidazole rings is 1. The maximum atomic E-state index is 12.4. The van der Waals surface area contributed by atoms with E-state index < -0.39 is 11.2 Å². The number of nitrogens with zero attached hydrogens (tertiary/aromatic N) is 4. The zero-order valence-corrected chi connectivity index (χ0v) is 12.9. The lowest BCUT2D eigenvalue weighted by atomic mass is 10.3. The van der Waals surface area contributed by atoms with E-state index in [1.807, 2.05) is 12.1 Å². The number of pyridine rings is 2. The molecule has 0 aliphatic rings. The molecule has 0 bridgehead atoms. The minimum atomic E-state index is -0.567. The van der Waals surface area contributed by atoms with Crippen molar-refractivity contribution < 1.29 is 0 Å². The lowest BCUT2D eigenvalue weighted by Gasteiger charge is -2.07. The van der Waals surface area contributed by atoms with Crippen LogP contribution in [0.4, 0.5) is 5.82 Å². The summed E-state index contributed by atoms with van der Waals surface area (Å²) in [5.74, 6) is 0.625. The van der Waals surface area contributed by atoms with Gasteiger partial charge in [0, 0.05) is 18.9 Å². The van der Waals surface area contributed by atoms with Gasteiger partial charge >= 0.3 is 5.69 Å². The monoisotopic (exact) mass is 335 g/mol. The minimum Gasteiger partial charge on any atom is -0.366 e. The minimum absolute atomic E-state index is 0.231. The van der Waals surface area contributed by atoms with E-state index in [4.69, 9.17) is 0 Å². The molecule has 0 aliphatic heterocycles. The van der Waals surface area contributed by atoms with Gasteiger partial charge in [-0.3, -0.25) is 14.8 Å². The van der Waals surface area contributed by atoms with E-state index in [0.717, 1.165) is 10.1 Å². The first-order valence-electron chi connectivity index (χ1n) is 7.50. The molecule has 4 aromatic rings. The number of rotatable bonds is 4. The Balaban J connectivity index is 1.62. The van der Waals surface area contributed by atoms with Crippen molar-refractivity contribution in [3.63, 3.8) is 0 Å². The second-order valence-electron chi connectivity index (χ2n) is 5.31. The number of hydrogen-bond donors (Lipinski definition) is 3. The number of aromatic nitrogens is 6. The second-order valence-corrected chi connectivity index (χ2v) is 5.31. The van der Waals surface area contributed by atoms with Crippen LogP contribution >= 0.6 is 0 Å². The molecule has 0 aromatic carbocycles. The number of anilines is 1. The first-order chi connectivity index (χ1) is 12.2. The van der Waals surface area contributed by atoms with Crippen LogP contribution in [-0.4, -0.2) is 29.5 Å². The van der Waals surface area contributed by atoms with Crippen LogP contribution in [0.3, 0.4) is 0 Å². The fourth-order valence-corrected chi connectivity index (χ4v) is 2.47. The smallest absolute Gasteiger partial charge is 0.334 e. The van der Waals surface area contributed by atoms with Gasteiger partial charge in [0.2, 0.25) is 0 Å². The van der Waals surface area contributed by atoms with Crippen LogP contribution in [0, 0.1) is 0 Å². The Morgan fingerprint density at radius 1 is 1.12 bits per heavy atom. The van der Waals surface area contributed by atoms with Crippen LogP contribution in [0.2, 0.25) is 0 Å². The Hall–Kier alpha value is -3.75. The summed E-state index contributed by atoms with van der Waals surface area (Å²) >= 11 is 0.